The maximum atomic E-state index is 12.3. The summed E-state index contributed by atoms with van der Waals surface area (Å²) in [6, 6.07) is 15.2. The van der Waals surface area contributed by atoms with E-state index in [0.29, 0.717) is 5.56 Å². The highest BCUT2D eigenvalue weighted by Gasteiger charge is 2.28. The predicted octanol–water partition coefficient (Wildman–Crippen LogP) is 3.40. The smallest absolute Gasteiger partial charge is 0.321 e. The van der Waals surface area contributed by atoms with Gasteiger partial charge >= 0.3 is 7.60 Å². The van der Waals surface area contributed by atoms with Crippen molar-refractivity contribution >= 4 is 19.5 Å². The molecule has 2 rings (SSSR count). The average molecular weight is 302 g/mol. The molecule has 0 aliphatic rings. The summed E-state index contributed by atoms with van der Waals surface area (Å²) in [7, 11) is -4.66. The number of hydrogen-bond acceptors (Lipinski definition) is 2. The van der Waals surface area contributed by atoms with Gasteiger partial charge in [0.05, 0.1) is 0 Å². The molecule has 21 heavy (non-hydrogen) atoms. The number of carbonyl (C=O) groups excluding carboxylic acids is 1. The third kappa shape index (κ3) is 3.99. The number of benzene rings is 2. The number of allylic oxidation sites excluding steroid dienone is 1. The van der Waals surface area contributed by atoms with Crippen LogP contribution in [0.4, 0.5) is 0 Å². The van der Waals surface area contributed by atoms with Gasteiger partial charge in [-0.1, -0.05) is 60.2 Å². The second-order valence-corrected chi connectivity index (χ2v) is 6.25. The van der Waals surface area contributed by atoms with E-state index in [0.717, 1.165) is 5.56 Å². The molecule has 0 amide bonds. The fourth-order valence-corrected chi connectivity index (χ4v) is 2.55. The first kappa shape index (κ1) is 15.4. The van der Waals surface area contributed by atoms with Crippen molar-refractivity contribution < 1.29 is 19.1 Å². The number of carbonyl (C=O) groups is 1. The van der Waals surface area contributed by atoms with Gasteiger partial charge in [-0.3, -0.25) is 9.36 Å². The Hall–Kier alpha value is -2.00. The molecular formula is C16H15O4P. The summed E-state index contributed by atoms with van der Waals surface area (Å²) < 4.78 is 11.6. The molecule has 2 aromatic carbocycles. The summed E-state index contributed by atoms with van der Waals surface area (Å²) in [6.45, 7) is 1.87. The highest BCUT2D eigenvalue weighted by Crippen LogP contribution is 2.47. The van der Waals surface area contributed by atoms with Crippen molar-refractivity contribution in [1.82, 2.24) is 0 Å². The number of ketones is 1. The molecule has 0 saturated heterocycles. The van der Waals surface area contributed by atoms with E-state index in [9.17, 15) is 19.1 Å². The van der Waals surface area contributed by atoms with E-state index >= 15 is 0 Å². The van der Waals surface area contributed by atoms with E-state index < -0.39 is 18.7 Å². The Bertz CT molecular complexity index is 712. The summed E-state index contributed by atoms with van der Waals surface area (Å²) in [5.74, 6) is -0.660. The van der Waals surface area contributed by atoms with Crippen LogP contribution in [0.15, 0.2) is 59.9 Å². The standard InChI is InChI=1S/C16H15O4P/c1-12-7-9-14(10-8-12)16(17)15(21(18,19)20)11-13-5-3-2-4-6-13/h2-11H,1H3,(H2,18,19,20). The fourth-order valence-electron chi connectivity index (χ4n) is 1.84. The molecule has 0 radical (unpaired) electrons. The molecule has 0 bridgehead atoms. The zero-order valence-electron chi connectivity index (χ0n) is 11.4. The molecular weight excluding hydrogens is 287 g/mol. The van der Waals surface area contributed by atoms with Gasteiger partial charge in [0.15, 0.2) is 0 Å². The van der Waals surface area contributed by atoms with Gasteiger partial charge in [-0.2, -0.15) is 0 Å². The van der Waals surface area contributed by atoms with Crippen molar-refractivity contribution in [3.05, 3.63) is 76.6 Å². The summed E-state index contributed by atoms with van der Waals surface area (Å²) in [5.41, 5.74) is 1.79. The maximum Gasteiger partial charge on any atom is 0.360 e. The van der Waals surface area contributed by atoms with Gasteiger partial charge in [0.25, 0.3) is 0 Å². The summed E-state index contributed by atoms with van der Waals surface area (Å²) >= 11 is 0. The Kier molecular flexibility index (Phi) is 4.53. The average Bonchev–Trinajstić information content (AvgIpc) is 2.45. The van der Waals surface area contributed by atoms with Crippen molar-refractivity contribution in [3.63, 3.8) is 0 Å². The normalized spacial score (nSPS) is 12.2. The Morgan fingerprint density at radius 2 is 1.57 bits per heavy atom. The van der Waals surface area contributed by atoms with Crippen LogP contribution in [-0.4, -0.2) is 15.6 Å². The molecule has 4 nitrogen and oxygen atoms in total. The van der Waals surface area contributed by atoms with Gasteiger partial charge < -0.3 is 9.79 Å². The van der Waals surface area contributed by atoms with Gasteiger partial charge in [-0.25, -0.2) is 0 Å². The third-order valence-corrected chi connectivity index (χ3v) is 3.92. The zero-order chi connectivity index (χ0) is 15.5. The van der Waals surface area contributed by atoms with E-state index in [-0.39, 0.29) is 5.56 Å². The lowest BCUT2D eigenvalue weighted by atomic mass is 10.1. The molecule has 0 saturated carbocycles. The molecule has 0 unspecified atom stereocenters. The van der Waals surface area contributed by atoms with Crippen LogP contribution in [0.2, 0.25) is 0 Å². The molecule has 0 atom stereocenters. The Balaban J connectivity index is 2.47. The van der Waals surface area contributed by atoms with Crippen molar-refractivity contribution in [3.8, 4) is 0 Å². The van der Waals surface area contributed by atoms with E-state index in [4.69, 9.17) is 0 Å². The van der Waals surface area contributed by atoms with Gasteiger partial charge in [0.1, 0.15) is 5.31 Å². The van der Waals surface area contributed by atoms with Crippen molar-refractivity contribution in [2.75, 3.05) is 0 Å². The first-order valence-electron chi connectivity index (χ1n) is 6.32. The van der Waals surface area contributed by atoms with Crippen molar-refractivity contribution in [2.24, 2.45) is 0 Å². The summed E-state index contributed by atoms with van der Waals surface area (Å²) in [5, 5.41) is -0.502. The van der Waals surface area contributed by atoms with E-state index in [1.54, 1.807) is 54.6 Å². The van der Waals surface area contributed by atoms with Gasteiger partial charge in [0, 0.05) is 5.56 Å². The summed E-state index contributed by atoms with van der Waals surface area (Å²) in [4.78, 5) is 31.2. The molecule has 0 fully saturated rings. The molecule has 0 aliphatic carbocycles. The fraction of sp³-hybridized carbons (Fsp3) is 0.0625. The zero-order valence-corrected chi connectivity index (χ0v) is 12.3. The van der Waals surface area contributed by atoms with Crippen LogP contribution in [0.3, 0.4) is 0 Å². The van der Waals surface area contributed by atoms with Gasteiger partial charge in [0.2, 0.25) is 5.78 Å². The van der Waals surface area contributed by atoms with Crippen LogP contribution >= 0.6 is 7.60 Å². The number of rotatable bonds is 4. The maximum absolute atomic E-state index is 12.3. The Morgan fingerprint density at radius 1 is 1.00 bits per heavy atom. The molecule has 0 spiro atoms. The second kappa shape index (κ2) is 6.19. The highest BCUT2D eigenvalue weighted by atomic mass is 31.2. The van der Waals surface area contributed by atoms with E-state index in [1.807, 2.05) is 6.92 Å². The topological polar surface area (TPSA) is 74.6 Å². The molecule has 5 heteroatoms. The Morgan fingerprint density at radius 3 is 2.10 bits per heavy atom. The lowest BCUT2D eigenvalue weighted by molar-refractivity contribution is 0.104. The summed E-state index contributed by atoms with van der Waals surface area (Å²) in [6.07, 6.45) is 1.24. The van der Waals surface area contributed by atoms with Crippen molar-refractivity contribution in [1.29, 1.82) is 0 Å². The molecule has 108 valence electrons. The number of aryl methyl sites for hydroxylation is 1. The van der Waals surface area contributed by atoms with Crippen LogP contribution in [0.5, 0.6) is 0 Å². The van der Waals surface area contributed by atoms with Crippen LogP contribution in [-0.2, 0) is 4.57 Å². The highest BCUT2D eigenvalue weighted by molar-refractivity contribution is 7.58. The van der Waals surface area contributed by atoms with E-state index in [2.05, 4.69) is 0 Å². The molecule has 0 aromatic heterocycles. The van der Waals surface area contributed by atoms with Gasteiger partial charge in [-0.15, -0.1) is 0 Å². The molecule has 2 N–H and O–H groups in total. The van der Waals surface area contributed by atoms with Gasteiger partial charge in [-0.05, 0) is 18.6 Å². The van der Waals surface area contributed by atoms with E-state index in [1.165, 1.54) is 6.08 Å². The lowest BCUT2D eigenvalue weighted by Crippen LogP contribution is -2.04. The first-order chi connectivity index (χ1) is 9.88. The first-order valence-corrected chi connectivity index (χ1v) is 7.93. The monoisotopic (exact) mass is 302 g/mol. The van der Waals surface area contributed by atoms with Crippen LogP contribution in [0.1, 0.15) is 21.5 Å². The predicted molar refractivity (Wildman–Crippen MR) is 82.0 cm³/mol. The minimum atomic E-state index is -4.66. The minimum absolute atomic E-state index is 0.256. The quantitative estimate of drug-likeness (QED) is 0.515. The largest absolute Gasteiger partial charge is 0.360 e. The van der Waals surface area contributed by atoms with Crippen molar-refractivity contribution in [2.45, 2.75) is 6.92 Å². The Labute approximate surface area is 122 Å². The molecule has 2 aromatic rings. The van der Waals surface area contributed by atoms with Crippen LogP contribution in [0.25, 0.3) is 6.08 Å². The second-order valence-electron chi connectivity index (χ2n) is 4.68. The third-order valence-electron chi connectivity index (χ3n) is 2.96. The molecule has 0 aliphatic heterocycles. The number of Topliss-reactive ketones (excluding diaryl/α,β-unsaturated/α-hetero) is 1. The minimum Gasteiger partial charge on any atom is -0.321 e. The number of hydrogen-bond donors (Lipinski definition) is 2. The molecule has 0 heterocycles. The van der Waals surface area contributed by atoms with Crippen LogP contribution in [0, 0.1) is 6.92 Å². The SMILES string of the molecule is Cc1ccc(C(=O)C(=Cc2ccccc2)P(=O)(O)O)cc1. The van der Waals surface area contributed by atoms with Crippen LogP contribution < -0.4 is 0 Å². The lowest BCUT2D eigenvalue weighted by Gasteiger charge is -2.09.